The van der Waals surface area contributed by atoms with Crippen molar-refractivity contribution in [3.63, 3.8) is 0 Å². The number of rotatable bonds is 1. The van der Waals surface area contributed by atoms with Crippen LogP contribution in [0, 0.1) is 0 Å². The molecule has 3 nitrogen and oxygen atoms in total. The summed E-state index contributed by atoms with van der Waals surface area (Å²) in [6, 6.07) is 0. The third kappa shape index (κ3) is 3.32. The average Bonchev–Trinajstić information content (AvgIpc) is 1.91. The fraction of sp³-hybridized carbons (Fsp3) is 0.889. The van der Waals surface area contributed by atoms with E-state index in [2.05, 4.69) is 22.7 Å². The summed E-state index contributed by atoms with van der Waals surface area (Å²) < 4.78 is 2.32. The molecule has 1 aliphatic rings. The predicted molar refractivity (Wildman–Crippen MR) is 51.8 cm³/mol. The van der Waals surface area contributed by atoms with Crippen molar-refractivity contribution in [2.24, 2.45) is 5.73 Å². The number of nitrogens with zero attached hydrogens (tertiary/aromatic N) is 2. The summed E-state index contributed by atoms with van der Waals surface area (Å²) in [5, 5.41) is 0. The summed E-state index contributed by atoms with van der Waals surface area (Å²) in [5.74, 6) is 0. The second-order valence-electron chi connectivity index (χ2n) is 4.29. The number of hydrogen-bond acceptors (Lipinski definition) is 2. The Labute approximate surface area is 74.9 Å². The van der Waals surface area contributed by atoms with E-state index in [0.717, 1.165) is 26.2 Å². The highest BCUT2D eigenvalue weighted by atomic mass is 15.2. The molecule has 3 heteroatoms. The van der Waals surface area contributed by atoms with Crippen LogP contribution in [-0.2, 0) is 0 Å². The molecule has 0 radical (unpaired) electrons. The first kappa shape index (κ1) is 9.68. The van der Waals surface area contributed by atoms with Gasteiger partial charge in [0.05, 0.1) is 18.6 Å². The monoisotopic (exact) mass is 170 g/mol. The van der Waals surface area contributed by atoms with Crippen LogP contribution in [-0.4, -0.2) is 54.5 Å². The van der Waals surface area contributed by atoms with Gasteiger partial charge in [-0.2, -0.15) is 0 Å². The fourth-order valence-electron chi connectivity index (χ4n) is 1.42. The fourth-order valence-corrected chi connectivity index (χ4v) is 1.42. The topological polar surface area (TPSA) is 32.3 Å². The van der Waals surface area contributed by atoms with E-state index in [-0.39, 0.29) is 5.54 Å². The molecule has 70 valence electrons. The highest BCUT2D eigenvalue weighted by Crippen LogP contribution is 1.96. The summed E-state index contributed by atoms with van der Waals surface area (Å²) in [4.78, 5) is 2.34. The first-order valence-electron chi connectivity index (χ1n) is 4.55. The van der Waals surface area contributed by atoms with E-state index < -0.39 is 0 Å². The Hall–Kier alpha value is -0.410. The number of nitrogens with two attached hydrogens (primary N) is 1. The van der Waals surface area contributed by atoms with Gasteiger partial charge in [-0.25, -0.2) is 4.58 Å². The molecule has 0 aromatic carbocycles. The molecule has 0 amide bonds. The maximum atomic E-state index is 5.89. The normalized spacial score (nSPS) is 21.2. The molecule has 1 fully saturated rings. The molecule has 2 N–H and O–H groups in total. The third-order valence-corrected chi connectivity index (χ3v) is 2.05. The standard InChI is InChI=1S/C9H20N3/c1-9(2,10)8-12-6-4-11(3)5-7-12/h8H,4-7,10H2,1-3H3/q+1. The maximum absolute atomic E-state index is 5.89. The first-order chi connectivity index (χ1) is 5.47. The Morgan fingerprint density at radius 1 is 1.33 bits per heavy atom. The zero-order valence-corrected chi connectivity index (χ0v) is 8.38. The van der Waals surface area contributed by atoms with Crippen molar-refractivity contribution in [2.75, 3.05) is 33.2 Å². The van der Waals surface area contributed by atoms with E-state index in [0.29, 0.717) is 0 Å². The number of piperazine rings is 1. The Kier molecular flexibility index (Phi) is 2.85. The minimum absolute atomic E-state index is 0.171. The summed E-state index contributed by atoms with van der Waals surface area (Å²) in [6.07, 6.45) is 2.14. The molecule has 1 rings (SSSR count). The van der Waals surface area contributed by atoms with Gasteiger partial charge in [0.2, 0.25) is 0 Å². The van der Waals surface area contributed by atoms with Crippen LogP contribution in [0.15, 0.2) is 0 Å². The average molecular weight is 170 g/mol. The first-order valence-corrected chi connectivity index (χ1v) is 4.55. The predicted octanol–water partition coefficient (Wildman–Crippen LogP) is -0.248. The summed E-state index contributed by atoms with van der Waals surface area (Å²) in [7, 11) is 2.16. The zero-order valence-electron chi connectivity index (χ0n) is 8.38. The van der Waals surface area contributed by atoms with Crippen LogP contribution in [0.3, 0.4) is 0 Å². The molecular formula is C9H20N3+. The van der Waals surface area contributed by atoms with Crippen molar-refractivity contribution in [2.45, 2.75) is 19.4 Å². The van der Waals surface area contributed by atoms with Gasteiger partial charge in [-0.3, -0.25) is 4.90 Å². The Morgan fingerprint density at radius 2 is 1.83 bits per heavy atom. The van der Waals surface area contributed by atoms with E-state index >= 15 is 0 Å². The molecule has 0 aliphatic carbocycles. The van der Waals surface area contributed by atoms with Gasteiger partial charge in [0.15, 0.2) is 19.3 Å². The molecule has 12 heavy (non-hydrogen) atoms. The van der Waals surface area contributed by atoms with Crippen LogP contribution in [0.5, 0.6) is 0 Å². The highest BCUT2D eigenvalue weighted by molar-refractivity contribution is 5.63. The lowest BCUT2D eigenvalue weighted by molar-refractivity contribution is -0.536. The highest BCUT2D eigenvalue weighted by Gasteiger charge is 2.19. The lowest BCUT2D eigenvalue weighted by atomic mass is 10.1. The van der Waals surface area contributed by atoms with Gasteiger partial charge >= 0.3 is 0 Å². The largest absolute Gasteiger partial charge is 0.317 e. The third-order valence-electron chi connectivity index (χ3n) is 2.05. The molecule has 0 bridgehead atoms. The van der Waals surface area contributed by atoms with Gasteiger partial charge in [0, 0.05) is 0 Å². The second kappa shape index (κ2) is 3.54. The van der Waals surface area contributed by atoms with Crippen LogP contribution in [0.2, 0.25) is 0 Å². The molecule has 0 atom stereocenters. The minimum atomic E-state index is -0.171. The Morgan fingerprint density at radius 3 is 2.25 bits per heavy atom. The van der Waals surface area contributed by atoms with Crippen LogP contribution in [0.1, 0.15) is 13.8 Å². The summed E-state index contributed by atoms with van der Waals surface area (Å²) in [6.45, 7) is 8.57. The maximum Gasteiger partial charge on any atom is 0.159 e. The summed E-state index contributed by atoms with van der Waals surface area (Å²) >= 11 is 0. The zero-order chi connectivity index (χ0) is 9.19. The Bertz CT molecular complexity index is 169. The molecule has 1 aliphatic heterocycles. The minimum Gasteiger partial charge on any atom is -0.317 e. The lowest BCUT2D eigenvalue weighted by Crippen LogP contribution is -2.45. The van der Waals surface area contributed by atoms with Gasteiger partial charge in [-0.1, -0.05) is 0 Å². The van der Waals surface area contributed by atoms with Crippen molar-refractivity contribution in [1.29, 1.82) is 0 Å². The number of hydrogen-bond donors (Lipinski definition) is 1. The molecule has 1 saturated heterocycles. The summed E-state index contributed by atoms with van der Waals surface area (Å²) in [5.41, 5.74) is 5.72. The number of likely N-dealkylation sites (N-methyl/N-ethyl adjacent to an activating group) is 1. The molecule has 0 saturated carbocycles. The smallest absolute Gasteiger partial charge is 0.159 e. The van der Waals surface area contributed by atoms with Gasteiger partial charge in [-0.05, 0) is 20.9 Å². The van der Waals surface area contributed by atoms with Gasteiger partial charge in [0.1, 0.15) is 0 Å². The van der Waals surface area contributed by atoms with Crippen molar-refractivity contribution < 1.29 is 4.58 Å². The van der Waals surface area contributed by atoms with Crippen LogP contribution >= 0.6 is 0 Å². The Balaban J connectivity index is 2.49. The van der Waals surface area contributed by atoms with E-state index in [1.54, 1.807) is 0 Å². The van der Waals surface area contributed by atoms with Gasteiger partial charge in [-0.15, -0.1) is 0 Å². The van der Waals surface area contributed by atoms with Crippen molar-refractivity contribution in [3.8, 4) is 0 Å². The molecule has 1 heterocycles. The van der Waals surface area contributed by atoms with Crippen LogP contribution < -0.4 is 5.73 Å². The SMILES string of the molecule is CN1CC[N+](=CC(C)(C)N)CC1. The second-order valence-corrected chi connectivity index (χ2v) is 4.29. The molecule has 0 spiro atoms. The quantitative estimate of drug-likeness (QED) is 0.551. The molecular weight excluding hydrogens is 150 g/mol. The van der Waals surface area contributed by atoms with E-state index in [9.17, 15) is 0 Å². The van der Waals surface area contributed by atoms with E-state index in [1.165, 1.54) is 0 Å². The molecule has 0 aromatic rings. The van der Waals surface area contributed by atoms with Crippen molar-refractivity contribution in [3.05, 3.63) is 0 Å². The molecule has 0 aromatic heterocycles. The lowest BCUT2D eigenvalue weighted by Gasteiger charge is -2.22. The van der Waals surface area contributed by atoms with E-state index in [4.69, 9.17) is 5.73 Å². The van der Waals surface area contributed by atoms with Gasteiger partial charge in [0.25, 0.3) is 0 Å². The van der Waals surface area contributed by atoms with E-state index in [1.807, 2.05) is 13.8 Å². The van der Waals surface area contributed by atoms with Crippen LogP contribution in [0.25, 0.3) is 0 Å². The van der Waals surface area contributed by atoms with Crippen molar-refractivity contribution >= 4 is 6.21 Å². The molecule has 0 unspecified atom stereocenters. The van der Waals surface area contributed by atoms with Crippen molar-refractivity contribution in [1.82, 2.24) is 4.90 Å². The van der Waals surface area contributed by atoms with Gasteiger partial charge < -0.3 is 5.73 Å². The van der Waals surface area contributed by atoms with Crippen LogP contribution in [0.4, 0.5) is 0 Å².